The smallest absolute Gasteiger partial charge is 0.360 e. The summed E-state index contributed by atoms with van der Waals surface area (Å²) in [7, 11) is 1.27. The van der Waals surface area contributed by atoms with Gasteiger partial charge in [0.05, 0.1) is 19.3 Å². The number of ether oxygens (including phenoxy) is 1. The maximum atomic E-state index is 12.0. The van der Waals surface area contributed by atoms with Gasteiger partial charge in [-0.3, -0.25) is 9.99 Å². The van der Waals surface area contributed by atoms with E-state index in [4.69, 9.17) is 4.74 Å². The summed E-state index contributed by atoms with van der Waals surface area (Å²) in [6.45, 7) is 2.11. The van der Waals surface area contributed by atoms with Gasteiger partial charge in [-0.25, -0.2) is 4.79 Å². The third kappa shape index (κ3) is 2.82. The Morgan fingerprint density at radius 1 is 1.46 bits per heavy atom. The number of methoxy groups -OCH3 is 1. The van der Waals surface area contributed by atoms with Gasteiger partial charge >= 0.3 is 5.97 Å². The summed E-state index contributed by atoms with van der Waals surface area (Å²) in [4.78, 5) is 16.4. The third-order valence-electron chi connectivity index (χ3n) is 3.97. The maximum absolute atomic E-state index is 12.0. The molecule has 2 heterocycles. The molecule has 1 aliphatic heterocycles. The normalized spacial score (nSPS) is 17.1. The van der Waals surface area contributed by atoms with Crippen molar-refractivity contribution in [1.82, 2.24) is 9.99 Å². The lowest BCUT2D eigenvalue weighted by Crippen LogP contribution is -2.29. The van der Waals surface area contributed by atoms with Gasteiger partial charge in [-0.2, -0.15) is 5.10 Å². The zero-order valence-corrected chi connectivity index (χ0v) is 13.7. The molecule has 0 saturated carbocycles. The van der Waals surface area contributed by atoms with Crippen molar-refractivity contribution in [2.75, 3.05) is 7.11 Å². The predicted octanol–water partition coefficient (Wildman–Crippen LogP) is 3.04. The highest BCUT2D eigenvalue weighted by Gasteiger charge is 2.31. The van der Waals surface area contributed by atoms with Gasteiger partial charge in [0.15, 0.2) is 11.5 Å². The maximum Gasteiger partial charge on any atom is 0.360 e. The number of pyridine rings is 1. The molecule has 6 heteroatoms. The summed E-state index contributed by atoms with van der Waals surface area (Å²) in [5, 5.41) is 16.1. The van der Waals surface area contributed by atoms with Crippen LogP contribution in [-0.4, -0.2) is 34.4 Å². The molecule has 0 aromatic carbocycles. The molecule has 124 valence electrons. The molecule has 0 atom stereocenters. The molecule has 0 radical (unpaired) electrons. The second-order valence-corrected chi connectivity index (χ2v) is 5.49. The minimum absolute atomic E-state index is 0.0226. The van der Waals surface area contributed by atoms with Crippen LogP contribution in [0.3, 0.4) is 0 Å². The molecule has 1 aromatic heterocycles. The first-order valence-electron chi connectivity index (χ1n) is 7.79. The van der Waals surface area contributed by atoms with Crippen molar-refractivity contribution >= 4 is 23.5 Å². The predicted molar refractivity (Wildman–Crippen MR) is 91.9 cm³/mol. The number of esters is 1. The Hall–Kier alpha value is -2.89. The van der Waals surface area contributed by atoms with Crippen molar-refractivity contribution in [1.29, 1.82) is 0 Å². The van der Waals surface area contributed by atoms with E-state index in [1.54, 1.807) is 19.3 Å². The number of fused-ring (bicyclic) bond motifs is 1. The summed E-state index contributed by atoms with van der Waals surface area (Å²) in [6.07, 6.45) is 11.5. The van der Waals surface area contributed by atoms with Crippen LogP contribution >= 0.6 is 0 Å². The summed E-state index contributed by atoms with van der Waals surface area (Å²) >= 11 is 0. The van der Waals surface area contributed by atoms with E-state index in [1.165, 1.54) is 12.1 Å². The minimum Gasteiger partial charge on any atom is -0.505 e. The van der Waals surface area contributed by atoms with E-state index in [0.717, 1.165) is 29.7 Å². The number of nitrogens with zero attached hydrogens (tertiary/aromatic N) is 3. The number of hydrogen-bond donors (Lipinski definition) is 1. The molecule has 1 aliphatic carbocycles. The van der Waals surface area contributed by atoms with Crippen LogP contribution in [0.15, 0.2) is 41.3 Å². The van der Waals surface area contributed by atoms with Gasteiger partial charge in [0.25, 0.3) is 0 Å². The first-order chi connectivity index (χ1) is 11.7. The zero-order chi connectivity index (χ0) is 17.1. The molecule has 3 rings (SSSR count). The Labute approximate surface area is 140 Å². The van der Waals surface area contributed by atoms with E-state index in [2.05, 4.69) is 28.3 Å². The van der Waals surface area contributed by atoms with E-state index in [-0.39, 0.29) is 11.5 Å². The van der Waals surface area contributed by atoms with E-state index < -0.39 is 5.97 Å². The fourth-order valence-electron chi connectivity index (χ4n) is 2.83. The Balaban J connectivity index is 2.07. The number of hydrazone groups is 1. The van der Waals surface area contributed by atoms with Gasteiger partial charge in [0.1, 0.15) is 0 Å². The summed E-state index contributed by atoms with van der Waals surface area (Å²) in [5.41, 5.74) is 3.32. The van der Waals surface area contributed by atoms with Crippen molar-refractivity contribution < 1.29 is 14.6 Å². The van der Waals surface area contributed by atoms with Crippen LogP contribution in [0.2, 0.25) is 0 Å². The molecule has 0 saturated heterocycles. The average Bonchev–Trinajstić information content (AvgIpc) is 2.62. The Morgan fingerprint density at radius 2 is 2.29 bits per heavy atom. The number of allylic oxidation sites excluding steroid dienone is 4. The molecule has 2 aliphatic rings. The number of aliphatic hydroxyl groups is 1. The molecule has 1 N–H and O–H groups in total. The van der Waals surface area contributed by atoms with E-state index in [0.29, 0.717) is 12.1 Å². The zero-order valence-electron chi connectivity index (χ0n) is 13.7. The first kappa shape index (κ1) is 16.0. The van der Waals surface area contributed by atoms with Crippen molar-refractivity contribution in [3.05, 3.63) is 53.0 Å². The molecule has 6 nitrogen and oxygen atoms in total. The molecule has 1 aromatic rings. The molecule has 0 fully saturated rings. The lowest BCUT2D eigenvalue weighted by Gasteiger charge is -2.27. The van der Waals surface area contributed by atoms with Crippen LogP contribution in [0, 0.1) is 0 Å². The summed E-state index contributed by atoms with van der Waals surface area (Å²) < 4.78 is 4.76. The molecule has 0 unspecified atom stereocenters. The third-order valence-corrected chi connectivity index (χ3v) is 3.97. The number of aromatic nitrogens is 1. The second kappa shape index (κ2) is 6.70. The lowest BCUT2D eigenvalue weighted by molar-refractivity contribution is -0.138. The molecule has 0 amide bonds. The largest absolute Gasteiger partial charge is 0.505 e. The van der Waals surface area contributed by atoms with Crippen molar-refractivity contribution in [2.45, 2.75) is 26.3 Å². The van der Waals surface area contributed by atoms with Gasteiger partial charge in [-0.15, -0.1) is 0 Å². The summed E-state index contributed by atoms with van der Waals surface area (Å²) in [6, 6.07) is 1.93. The van der Waals surface area contributed by atoms with Crippen LogP contribution in [0.4, 0.5) is 0 Å². The van der Waals surface area contributed by atoms with Crippen LogP contribution in [0.5, 0.6) is 0 Å². The summed E-state index contributed by atoms with van der Waals surface area (Å²) in [5.74, 6) is -0.799. The lowest BCUT2D eigenvalue weighted by atomic mass is 9.98. The van der Waals surface area contributed by atoms with E-state index >= 15 is 0 Å². The second-order valence-electron chi connectivity index (χ2n) is 5.49. The van der Waals surface area contributed by atoms with Gasteiger partial charge < -0.3 is 9.84 Å². The quantitative estimate of drug-likeness (QED) is 0.683. The van der Waals surface area contributed by atoms with Crippen LogP contribution in [0.25, 0.3) is 11.3 Å². The Kier molecular flexibility index (Phi) is 4.46. The van der Waals surface area contributed by atoms with Gasteiger partial charge in [-0.1, -0.05) is 18.2 Å². The van der Waals surface area contributed by atoms with Crippen LogP contribution < -0.4 is 0 Å². The number of carbonyl (C=O) groups excluding carboxylic acids is 1. The first-order valence-corrected chi connectivity index (χ1v) is 7.79. The van der Waals surface area contributed by atoms with Gasteiger partial charge in [0, 0.05) is 18.0 Å². The highest BCUT2D eigenvalue weighted by Crippen LogP contribution is 2.32. The molecule has 0 spiro atoms. The van der Waals surface area contributed by atoms with Crippen molar-refractivity contribution in [3.63, 3.8) is 0 Å². The van der Waals surface area contributed by atoms with Crippen molar-refractivity contribution in [2.24, 2.45) is 5.10 Å². The van der Waals surface area contributed by atoms with Crippen molar-refractivity contribution in [3.8, 4) is 0 Å². The SMILES string of the molecule is C/C=N\N1Cc2cc(C3=CCCC=C3)ncc2C(O)=C1C(=O)OC. The van der Waals surface area contributed by atoms with Gasteiger partial charge in [0.2, 0.25) is 0 Å². The monoisotopic (exact) mass is 325 g/mol. The number of hydrogen-bond acceptors (Lipinski definition) is 6. The highest BCUT2D eigenvalue weighted by molar-refractivity contribution is 5.96. The minimum atomic E-state index is -0.634. The fraction of sp³-hybridized carbons (Fsp3) is 0.278. The molecule has 0 bridgehead atoms. The Morgan fingerprint density at radius 3 is 2.96 bits per heavy atom. The molecule has 24 heavy (non-hydrogen) atoms. The standard InChI is InChI=1S/C18H19N3O3/c1-3-20-21-11-13-9-15(12-7-5-4-6-8-12)19-10-14(13)17(22)16(21)18(23)24-2/h3,5,7-10,22H,4,6,11H2,1-2H3/b20-3-. The van der Waals surface area contributed by atoms with E-state index in [1.807, 2.05) is 6.07 Å². The Bertz CT molecular complexity index is 791. The highest BCUT2D eigenvalue weighted by atomic mass is 16.5. The van der Waals surface area contributed by atoms with E-state index in [9.17, 15) is 9.90 Å². The topological polar surface area (TPSA) is 75.0 Å². The number of rotatable bonds is 3. The molecular weight excluding hydrogens is 306 g/mol. The average molecular weight is 325 g/mol. The van der Waals surface area contributed by atoms with Crippen LogP contribution in [-0.2, 0) is 16.1 Å². The van der Waals surface area contributed by atoms with Crippen LogP contribution in [0.1, 0.15) is 36.6 Å². The number of carbonyl (C=O) groups is 1. The molecular formula is C18H19N3O3. The van der Waals surface area contributed by atoms with Gasteiger partial charge in [-0.05, 0) is 37.0 Å². The number of aliphatic hydroxyl groups excluding tert-OH is 1. The fourth-order valence-corrected chi connectivity index (χ4v) is 2.83.